The third kappa shape index (κ3) is 3.26. The number of amides is 1. The Morgan fingerprint density at radius 2 is 2.25 bits per heavy atom. The van der Waals surface area contributed by atoms with Gasteiger partial charge in [-0.05, 0) is 12.1 Å². The van der Waals surface area contributed by atoms with Crippen LogP contribution in [0.4, 0.5) is 13.2 Å². The van der Waals surface area contributed by atoms with Crippen LogP contribution in [0.1, 0.15) is 16.1 Å². The van der Waals surface area contributed by atoms with Gasteiger partial charge in [-0.25, -0.2) is 0 Å². The maximum atomic E-state index is 12.4. The van der Waals surface area contributed by atoms with Crippen molar-refractivity contribution in [2.75, 3.05) is 26.2 Å². The molecule has 5 nitrogen and oxygen atoms in total. The third-order valence-corrected chi connectivity index (χ3v) is 2.99. The van der Waals surface area contributed by atoms with Gasteiger partial charge in [0.05, 0.1) is 18.3 Å². The van der Waals surface area contributed by atoms with E-state index in [4.69, 9.17) is 10.5 Å². The molecule has 1 aliphatic rings. The Morgan fingerprint density at radius 3 is 2.80 bits per heavy atom. The van der Waals surface area contributed by atoms with Crippen LogP contribution in [0, 0.1) is 0 Å². The van der Waals surface area contributed by atoms with Crippen LogP contribution in [-0.2, 0) is 10.9 Å². The molecule has 20 heavy (non-hydrogen) atoms. The predicted molar refractivity (Wildman–Crippen MR) is 63.9 cm³/mol. The number of morpholine rings is 1. The van der Waals surface area contributed by atoms with Crippen molar-refractivity contribution in [2.24, 2.45) is 5.73 Å². The number of ether oxygens (including phenoxy) is 1. The maximum absolute atomic E-state index is 12.4. The van der Waals surface area contributed by atoms with Crippen LogP contribution in [0.3, 0.4) is 0 Å². The lowest BCUT2D eigenvalue weighted by Crippen LogP contribution is -2.48. The smallest absolute Gasteiger partial charge is 0.373 e. The minimum atomic E-state index is -4.51. The summed E-state index contributed by atoms with van der Waals surface area (Å²) in [6, 6.07) is 1.93. The molecule has 1 fully saturated rings. The Kier molecular flexibility index (Phi) is 4.24. The second-order valence-corrected chi connectivity index (χ2v) is 4.41. The molecule has 1 aliphatic heterocycles. The molecule has 2 heterocycles. The second-order valence-electron chi connectivity index (χ2n) is 4.41. The number of nitrogens with zero attached hydrogens (tertiary/aromatic N) is 2. The molecular formula is C12H14F3N3O2. The van der Waals surface area contributed by atoms with Crippen LogP contribution in [0.25, 0.3) is 0 Å². The molecule has 1 amide bonds. The lowest BCUT2D eigenvalue weighted by atomic mass is 10.2. The molecule has 0 bridgehead atoms. The zero-order chi connectivity index (χ0) is 14.8. The van der Waals surface area contributed by atoms with Gasteiger partial charge in [-0.1, -0.05) is 0 Å². The number of rotatable bonds is 2. The number of hydrogen-bond donors (Lipinski definition) is 1. The summed E-state index contributed by atoms with van der Waals surface area (Å²) in [5.41, 5.74) is 4.57. The van der Waals surface area contributed by atoms with Gasteiger partial charge in [0, 0.05) is 25.8 Å². The van der Waals surface area contributed by atoms with Gasteiger partial charge in [-0.15, -0.1) is 0 Å². The Bertz CT molecular complexity index is 476. The van der Waals surface area contributed by atoms with Crippen molar-refractivity contribution in [1.82, 2.24) is 9.88 Å². The van der Waals surface area contributed by atoms with Crippen molar-refractivity contribution < 1.29 is 22.7 Å². The average molecular weight is 289 g/mol. The summed E-state index contributed by atoms with van der Waals surface area (Å²) in [4.78, 5) is 16.9. The fourth-order valence-electron chi connectivity index (χ4n) is 1.92. The van der Waals surface area contributed by atoms with Gasteiger partial charge < -0.3 is 15.4 Å². The lowest BCUT2D eigenvalue weighted by Gasteiger charge is -2.32. The highest BCUT2D eigenvalue weighted by Gasteiger charge is 2.32. The van der Waals surface area contributed by atoms with Gasteiger partial charge in [0.2, 0.25) is 0 Å². The quantitative estimate of drug-likeness (QED) is 0.878. The molecule has 2 N–H and O–H groups in total. The van der Waals surface area contributed by atoms with Gasteiger partial charge in [0.25, 0.3) is 5.91 Å². The van der Waals surface area contributed by atoms with Crippen molar-refractivity contribution in [3.8, 4) is 0 Å². The number of pyridine rings is 1. The summed E-state index contributed by atoms with van der Waals surface area (Å²) in [5, 5.41) is 0. The molecule has 1 unspecified atom stereocenters. The molecular weight excluding hydrogens is 275 g/mol. The van der Waals surface area contributed by atoms with Crippen LogP contribution in [0.5, 0.6) is 0 Å². The molecule has 0 radical (unpaired) electrons. The van der Waals surface area contributed by atoms with E-state index >= 15 is 0 Å². The van der Waals surface area contributed by atoms with E-state index in [1.807, 2.05) is 0 Å². The Balaban J connectivity index is 2.09. The molecule has 1 atom stereocenters. The standard InChI is InChI=1S/C12H14F3N3O2/c13-12(14,15)10-2-1-8(6-17-10)11(19)18-3-4-20-9(5-16)7-18/h1-2,6,9H,3-5,7,16H2. The monoisotopic (exact) mass is 289 g/mol. The summed E-state index contributed by atoms with van der Waals surface area (Å²) < 4.78 is 42.5. The first kappa shape index (κ1) is 14.7. The van der Waals surface area contributed by atoms with Crippen LogP contribution in [0.2, 0.25) is 0 Å². The molecule has 1 saturated heterocycles. The van der Waals surface area contributed by atoms with Gasteiger partial charge in [-0.3, -0.25) is 9.78 Å². The summed E-state index contributed by atoms with van der Waals surface area (Å²) in [6.07, 6.45) is -3.81. The van der Waals surface area contributed by atoms with Gasteiger partial charge in [-0.2, -0.15) is 13.2 Å². The molecule has 0 aliphatic carbocycles. The van der Waals surface area contributed by atoms with Crippen molar-refractivity contribution in [3.63, 3.8) is 0 Å². The Hall–Kier alpha value is -1.67. The maximum Gasteiger partial charge on any atom is 0.433 e. The molecule has 2 rings (SSSR count). The number of nitrogens with two attached hydrogens (primary N) is 1. The number of halogens is 3. The SMILES string of the molecule is NCC1CN(C(=O)c2ccc(C(F)(F)F)nc2)CCO1. The summed E-state index contributed by atoms with van der Waals surface area (Å²) in [7, 11) is 0. The van der Waals surface area contributed by atoms with E-state index in [1.165, 1.54) is 4.90 Å². The lowest BCUT2D eigenvalue weighted by molar-refractivity contribution is -0.141. The van der Waals surface area contributed by atoms with Crippen LogP contribution >= 0.6 is 0 Å². The van der Waals surface area contributed by atoms with Gasteiger partial charge >= 0.3 is 6.18 Å². The summed E-state index contributed by atoms with van der Waals surface area (Å²) in [5.74, 6) is -0.368. The number of hydrogen-bond acceptors (Lipinski definition) is 4. The Labute approximate surface area is 113 Å². The fourth-order valence-corrected chi connectivity index (χ4v) is 1.92. The fraction of sp³-hybridized carbons (Fsp3) is 0.500. The largest absolute Gasteiger partial charge is 0.433 e. The van der Waals surface area contributed by atoms with Crippen molar-refractivity contribution >= 4 is 5.91 Å². The molecule has 0 spiro atoms. The topological polar surface area (TPSA) is 68.5 Å². The highest BCUT2D eigenvalue weighted by atomic mass is 19.4. The highest BCUT2D eigenvalue weighted by molar-refractivity contribution is 5.94. The molecule has 8 heteroatoms. The van der Waals surface area contributed by atoms with E-state index in [0.29, 0.717) is 19.7 Å². The molecule has 0 saturated carbocycles. The van der Waals surface area contributed by atoms with E-state index < -0.39 is 11.9 Å². The van der Waals surface area contributed by atoms with E-state index in [2.05, 4.69) is 4.98 Å². The first-order valence-corrected chi connectivity index (χ1v) is 6.06. The van der Waals surface area contributed by atoms with Crippen LogP contribution in [0.15, 0.2) is 18.3 Å². The minimum Gasteiger partial charge on any atom is -0.373 e. The number of carbonyl (C=O) groups excluding carboxylic acids is 1. The van der Waals surface area contributed by atoms with Gasteiger partial charge in [0.1, 0.15) is 5.69 Å². The summed E-state index contributed by atoms with van der Waals surface area (Å²) >= 11 is 0. The number of aromatic nitrogens is 1. The predicted octanol–water partition coefficient (Wildman–Crippen LogP) is 0.900. The highest BCUT2D eigenvalue weighted by Crippen LogP contribution is 2.27. The molecule has 1 aromatic rings. The van der Waals surface area contributed by atoms with Crippen LogP contribution < -0.4 is 5.73 Å². The van der Waals surface area contributed by atoms with Crippen molar-refractivity contribution in [2.45, 2.75) is 12.3 Å². The third-order valence-electron chi connectivity index (χ3n) is 2.99. The first-order chi connectivity index (χ1) is 9.41. The van der Waals surface area contributed by atoms with E-state index in [1.54, 1.807) is 0 Å². The second kappa shape index (κ2) is 5.76. The average Bonchev–Trinajstić information content (AvgIpc) is 2.46. The zero-order valence-corrected chi connectivity index (χ0v) is 10.6. The minimum absolute atomic E-state index is 0.121. The molecule has 1 aromatic heterocycles. The Morgan fingerprint density at radius 1 is 1.50 bits per heavy atom. The van der Waals surface area contributed by atoms with E-state index in [9.17, 15) is 18.0 Å². The van der Waals surface area contributed by atoms with Gasteiger partial charge in [0.15, 0.2) is 0 Å². The number of alkyl halides is 3. The normalized spacial score (nSPS) is 20.0. The van der Waals surface area contributed by atoms with Crippen LogP contribution in [-0.4, -0.2) is 48.1 Å². The molecule has 0 aromatic carbocycles. The van der Waals surface area contributed by atoms with E-state index in [0.717, 1.165) is 18.3 Å². The first-order valence-electron chi connectivity index (χ1n) is 6.06. The molecule has 110 valence electrons. The zero-order valence-electron chi connectivity index (χ0n) is 10.6. The van der Waals surface area contributed by atoms with Crippen molar-refractivity contribution in [1.29, 1.82) is 0 Å². The van der Waals surface area contributed by atoms with Crippen molar-refractivity contribution in [3.05, 3.63) is 29.6 Å². The van der Waals surface area contributed by atoms with E-state index in [-0.39, 0.29) is 24.1 Å². The number of carbonyl (C=O) groups is 1. The summed E-state index contributed by atoms with van der Waals surface area (Å²) in [6.45, 7) is 1.36.